The van der Waals surface area contributed by atoms with Crippen LogP contribution in [0, 0.1) is 13.8 Å². The minimum atomic E-state index is 0.669. The van der Waals surface area contributed by atoms with Crippen LogP contribution < -0.4 is 5.73 Å². The Labute approximate surface area is 78.7 Å². The van der Waals surface area contributed by atoms with Crippen molar-refractivity contribution in [2.75, 3.05) is 20.1 Å². The SMILES string of the molecule is Cc1nc(C)c(CN(C)CCN)o1. The van der Waals surface area contributed by atoms with E-state index in [1.165, 1.54) is 0 Å². The molecule has 0 aromatic carbocycles. The monoisotopic (exact) mass is 183 g/mol. The van der Waals surface area contributed by atoms with Gasteiger partial charge in [-0.3, -0.25) is 4.90 Å². The van der Waals surface area contributed by atoms with Gasteiger partial charge in [0.2, 0.25) is 0 Å². The summed E-state index contributed by atoms with van der Waals surface area (Å²) in [4.78, 5) is 6.32. The van der Waals surface area contributed by atoms with E-state index in [9.17, 15) is 0 Å². The van der Waals surface area contributed by atoms with Crippen molar-refractivity contribution < 1.29 is 4.42 Å². The van der Waals surface area contributed by atoms with Crippen LogP contribution in [0.15, 0.2) is 4.42 Å². The maximum Gasteiger partial charge on any atom is 0.191 e. The van der Waals surface area contributed by atoms with E-state index < -0.39 is 0 Å². The van der Waals surface area contributed by atoms with Crippen molar-refractivity contribution in [1.82, 2.24) is 9.88 Å². The predicted molar refractivity (Wildman–Crippen MR) is 51.4 cm³/mol. The lowest BCUT2D eigenvalue weighted by molar-refractivity contribution is 0.298. The fourth-order valence-corrected chi connectivity index (χ4v) is 1.26. The number of oxazole rings is 1. The molecule has 1 rings (SSSR count). The van der Waals surface area contributed by atoms with Gasteiger partial charge in [0, 0.05) is 20.0 Å². The van der Waals surface area contributed by atoms with E-state index in [0.717, 1.165) is 30.4 Å². The Hall–Kier alpha value is -0.870. The first-order valence-corrected chi connectivity index (χ1v) is 4.45. The molecule has 0 aliphatic rings. The second-order valence-corrected chi connectivity index (χ2v) is 3.27. The molecule has 0 aliphatic heterocycles. The van der Waals surface area contributed by atoms with Crippen LogP contribution in [0.4, 0.5) is 0 Å². The molecule has 74 valence electrons. The Morgan fingerprint density at radius 1 is 1.46 bits per heavy atom. The highest BCUT2D eigenvalue weighted by Gasteiger charge is 2.08. The molecule has 4 heteroatoms. The van der Waals surface area contributed by atoms with Crippen LogP contribution in [0.2, 0.25) is 0 Å². The maximum absolute atomic E-state index is 5.44. The molecule has 0 saturated carbocycles. The Kier molecular flexibility index (Phi) is 3.45. The fourth-order valence-electron chi connectivity index (χ4n) is 1.26. The van der Waals surface area contributed by atoms with Crippen molar-refractivity contribution in [2.24, 2.45) is 5.73 Å². The average Bonchev–Trinajstić information content (AvgIpc) is 2.30. The number of aromatic nitrogens is 1. The van der Waals surface area contributed by atoms with Crippen molar-refractivity contribution >= 4 is 0 Å². The van der Waals surface area contributed by atoms with Crippen molar-refractivity contribution in [2.45, 2.75) is 20.4 Å². The standard InChI is InChI=1S/C9H17N3O/c1-7-9(13-8(2)11-7)6-12(3)5-4-10/h4-6,10H2,1-3H3. The van der Waals surface area contributed by atoms with E-state index in [0.29, 0.717) is 6.54 Å². The van der Waals surface area contributed by atoms with Crippen LogP contribution in [-0.4, -0.2) is 30.0 Å². The van der Waals surface area contributed by atoms with E-state index in [4.69, 9.17) is 10.2 Å². The highest BCUT2D eigenvalue weighted by molar-refractivity contribution is 5.06. The summed E-state index contributed by atoms with van der Waals surface area (Å²) in [6.45, 7) is 6.15. The zero-order valence-corrected chi connectivity index (χ0v) is 8.50. The topological polar surface area (TPSA) is 55.3 Å². The van der Waals surface area contributed by atoms with E-state index in [1.54, 1.807) is 0 Å². The van der Waals surface area contributed by atoms with Crippen molar-refractivity contribution in [3.05, 3.63) is 17.3 Å². The molecule has 0 saturated heterocycles. The van der Waals surface area contributed by atoms with Gasteiger partial charge in [-0.2, -0.15) is 0 Å². The number of likely N-dealkylation sites (N-methyl/N-ethyl adjacent to an activating group) is 1. The van der Waals surface area contributed by atoms with Gasteiger partial charge < -0.3 is 10.2 Å². The first-order chi connectivity index (χ1) is 6.13. The van der Waals surface area contributed by atoms with Gasteiger partial charge in [0.25, 0.3) is 0 Å². The minimum absolute atomic E-state index is 0.669. The summed E-state index contributed by atoms with van der Waals surface area (Å²) >= 11 is 0. The third-order valence-corrected chi connectivity index (χ3v) is 1.92. The van der Waals surface area contributed by atoms with Crippen LogP contribution in [-0.2, 0) is 6.54 Å². The molecular weight excluding hydrogens is 166 g/mol. The van der Waals surface area contributed by atoms with E-state index in [-0.39, 0.29) is 0 Å². The largest absolute Gasteiger partial charge is 0.444 e. The molecule has 0 amide bonds. The molecule has 4 nitrogen and oxygen atoms in total. The Morgan fingerprint density at radius 2 is 2.15 bits per heavy atom. The predicted octanol–water partition coefficient (Wildman–Crippen LogP) is 0.682. The molecule has 0 fully saturated rings. The van der Waals surface area contributed by atoms with Gasteiger partial charge in [-0.25, -0.2) is 4.98 Å². The summed E-state index contributed by atoms with van der Waals surface area (Å²) < 4.78 is 5.44. The molecule has 0 spiro atoms. The van der Waals surface area contributed by atoms with Gasteiger partial charge in [0.05, 0.1) is 12.2 Å². The number of nitrogens with two attached hydrogens (primary N) is 1. The lowest BCUT2D eigenvalue weighted by Crippen LogP contribution is -2.25. The van der Waals surface area contributed by atoms with Gasteiger partial charge in [0.1, 0.15) is 5.76 Å². The summed E-state index contributed by atoms with van der Waals surface area (Å²) in [7, 11) is 2.02. The molecular formula is C9H17N3O. The molecule has 0 bridgehead atoms. The van der Waals surface area contributed by atoms with E-state index in [2.05, 4.69) is 9.88 Å². The van der Waals surface area contributed by atoms with Gasteiger partial charge in [-0.15, -0.1) is 0 Å². The van der Waals surface area contributed by atoms with Crippen LogP contribution in [0.3, 0.4) is 0 Å². The second kappa shape index (κ2) is 4.39. The average molecular weight is 183 g/mol. The Morgan fingerprint density at radius 3 is 2.62 bits per heavy atom. The smallest absolute Gasteiger partial charge is 0.191 e. The van der Waals surface area contributed by atoms with Crippen LogP contribution in [0.5, 0.6) is 0 Å². The minimum Gasteiger partial charge on any atom is -0.444 e. The third kappa shape index (κ3) is 2.82. The van der Waals surface area contributed by atoms with Crippen molar-refractivity contribution in [3.63, 3.8) is 0 Å². The van der Waals surface area contributed by atoms with Crippen LogP contribution in [0.1, 0.15) is 17.3 Å². The maximum atomic E-state index is 5.44. The number of hydrogen-bond donors (Lipinski definition) is 1. The van der Waals surface area contributed by atoms with Gasteiger partial charge in [-0.1, -0.05) is 0 Å². The number of hydrogen-bond acceptors (Lipinski definition) is 4. The lowest BCUT2D eigenvalue weighted by Gasteiger charge is -2.13. The summed E-state index contributed by atoms with van der Waals surface area (Å²) in [5.74, 6) is 1.67. The molecule has 0 unspecified atom stereocenters. The van der Waals surface area contributed by atoms with Crippen LogP contribution in [0.25, 0.3) is 0 Å². The zero-order chi connectivity index (χ0) is 9.84. The number of nitrogens with zero attached hydrogens (tertiary/aromatic N) is 2. The molecule has 0 aliphatic carbocycles. The van der Waals surface area contributed by atoms with E-state index in [1.807, 2.05) is 20.9 Å². The Bertz CT molecular complexity index is 270. The number of aryl methyl sites for hydroxylation is 2. The highest BCUT2D eigenvalue weighted by atomic mass is 16.4. The Balaban J connectivity index is 2.57. The first-order valence-electron chi connectivity index (χ1n) is 4.45. The number of rotatable bonds is 4. The molecule has 0 atom stereocenters. The van der Waals surface area contributed by atoms with Crippen LogP contribution >= 0.6 is 0 Å². The summed E-state index contributed by atoms with van der Waals surface area (Å²) in [5, 5.41) is 0. The van der Waals surface area contributed by atoms with Crippen molar-refractivity contribution in [1.29, 1.82) is 0 Å². The van der Waals surface area contributed by atoms with Gasteiger partial charge in [0.15, 0.2) is 5.89 Å². The third-order valence-electron chi connectivity index (χ3n) is 1.92. The molecule has 1 aromatic rings. The second-order valence-electron chi connectivity index (χ2n) is 3.27. The van der Waals surface area contributed by atoms with Crippen molar-refractivity contribution in [3.8, 4) is 0 Å². The lowest BCUT2D eigenvalue weighted by atomic mass is 10.3. The zero-order valence-electron chi connectivity index (χ0n) is 8.50. The fraction of sp³-hybridized carbons (Fsp3) is 0.667. The van der Waals surface area contributed by atoms with E-state index >= 15 is 0 Å². The molecule has 2 N–H and O–H groups in total. The molecule has 1 aromatic heterocycles. The molecule has 0 radical (unpaired) electrons. The molecule has 13 heavy (non-hydrogen) atoms. The normalized spacial score (nSPS) is 11.2. The van der Waals surface area contributed by atoms with Gasteiger partial charge >= 0.3 is 0 Å². The summed E-state index contributed by atoms with van der Waals surface area (Å²) in [5.41, 5.74) is 6.41. The quantitative estimate of drug-likeness (QED) is 0.746. The summed E-state index contributed by atoms with van der Waals surface area (Å²) in [6.07, 6.45) is 0. The van der Waals surface area contributed by atoms with Gasteiger partial charge in [-0.05, 0) is 14.0 Å². The first kappa shape index (κ1) is 10.2. The highest BCUT2D eigenvalue weighted by Crippen LogP contribution is 2.10. The molecule has 1 heterocycles. The summed E-state index contributed by atoms with van der Waals surface area (Å²) in [6, 6.07) is 0.